The summed E-state index contributed by atoms with van der Waals surface area (Å²) >= 11 is 0. The van der Waals surface area contributed by atoms with Crippen LogP contribution in [0, 0.1) is 13.8 Å². The highest BCUT2D eigenvalue weighted by Gasteiger charge is 2.38. The van der Waals surface area contributed by atoms with Gasteiger partial charge in [0.25, 0.3) is 0 Å². The molecule has 6 heterocycles. The highest BCUT2D eigenvalue weighted by atomic mass is 32.2. The smallest absolute Gasteiger partial charge is 0.158 e. The molecule has 0 saturated carbocycles. The van der Waals surface area contributed by atoms with Gasteiger partial charge in [-0.25, -0.2) is 22.9 Å². The van der Waals surface area contributed by atoms with E-state index in [1.54, 1.807) is 6.33 Å². The lowest BCUT2D eigenvalue weighted by atomic mass is 9.91. The van der Waals surface area contributed by atoms with Crippen LogP contribution in [-0.2, 0) is 9.84 Å². The van der Waals surface area contributed by atoms with Crippen molar-refractivity contribution in [3.63, 3.8) is 0 Å². The summed E-state index contributed by atoms with van der Waals surface area (Å²) in [5.41, 5.74) is 8.70. The van der Waals surface area contributed by atoms with E-state index in [4.69, 9.17) is 4.98 Å². The third-order valence-corrected chi connectivity index (χ3v) is 9.48. The Labute approximate surface area is 224 Å². The molecular formula is C28H37N7O2S. The maximum Gasteiger partial charge on any atom is 0.158 e. The Morgan fingerprint density at radius 2 is 1.84 bits per heavy atom. The highest BCUT2D eigenvalue weighted by molar-refractivity contribution is 7.90. The molecule has 202 valence electrons. The van der Waals surface area contributed by atoms with E-state index in [0.29, 0.717) is 18.6 Å². The van der Waals surface area contributed by atoms with Crippen LogP contribution in [0.25, 0.3) is 27.9 Å². The Morgan fingerprint density at radius 1 is 1.11 bits per heavy atom. The predicted octanol–water partition coefficient (Wildman–Crippen LogP) is 4.10. The summed E-state index contributed by atoms with van der Waals surface area (Å²) in [6.07, 6.45) is 8.42. The number of nitrogens with one attached hydrogen (secondary N) is 1. The lowest BCUT2D eigenvalue weighted by Gasteiger charge is -2.50. The molecule has 2 aliphatic heterocycles. The molecule has 4 aromatic heterocycles. The van der Waals surface area contributed by atoms with Gasteiger partial charge in [-0.2, -0.15) is 5.10 Å². The Bertz CT molecular complexity index is 1610. The van der Waals surface area contributed by atoms with Crippen molar-refractivity contribution in [2.75, 3.05) is 36.5 Å². The van der Waals surface area contributed by atoms with Gasteiger partial charge in [0.05, 0.1) is 22.5 Å². The Hall–Kier alpha value is -2.98. The molecule has 38 heavy (non-hydrogen) atoms. The number of hydrogen-bond donors (Lipinski definition) is 1. The molecular weight excluding hydrogens is 498 g/mol. The number of hydrogen-bond acceptors (Lipinski definition) is 7. The van der Waals surface area contributed by atoms with Crippen LogP contribution < -0.4 is 4.90 Å². The van der Waals surface area contributed by atoms with E-state index in [9.17, 15) is 8.42 Å². The van der Waals surface area contributed by atoms with Gasteiger partial charge in [-0.05, 0) is 55.9 Å². The fourth-order valence-corrected chi connectivity index (χ4v) is 7.04. The number of piperazine rings is 1. The molecule has 6 rings (SSSR count). The molecule has 2 saturated heterocycles. The number of anilines is 1. The van der Waals surface area contributed by atoms with Gasteiger partial charge < -0.3 is 9.88 Å². The monoisotopic (exact) mass is 535 g/mol. The topological polar surface area (TPSA) is 99.5 Å². The fourth-order valence-electron chi connectivity index (χ4n) is 6.50. The van der Waals surface area contributed by atoms with Crippen molar-refractivity contribution < 1.29 is 8.42 Å². The van der Waals surface area contributed by atoms with Crippen molar-refractivity contribution in [2.24, 2.45) is 0 Å². The van der Waals surface area contributed by atoms with Crippen LogP contribution in [0.15, 0.2) is 24.7 Å². The molecule has 0 unspecified atom stereocenters. The molecule has 0 spiro atoms. The third kappa shape index (κ3) is 4.37. The summed E-state index contributed by atoms with van der Waals surface area (Å²) in [5.74, 6) is 1.51. The van der Waals surface area contributed by atoms with Crippen LogP contribution in [0.5, 0.6) is 0 Å². The quantitative estimate of drug-likeness (QED) is 0.397. The van der Waals surface area contributed by atoms with Crippen LogP contribution in [0.2, 0.25) is 0 Å². The normalized spacial score (nSPS) is 20.7. The Morgan fingerprint density at radius 3 is 2.53 bits per heavy atom. The first-order valence-corrected chi connectivity index (χ1v) is 15.7. The van der Waals surface area contributed by atoms with Crippen molar-refractivity contribution >= 4 is 32.3 Å². The lowest BCUT2D eigenvalue weighted by Crippen LogP contribution is -2.61. The van der Waals surface area contributed by atoms with E-state index >= 15 is 0 Å². The highest BCUT2D eigenvalue weighted by Crippen LogP contribution is 2.38. The second-order valence-corrected chi connectivity index (χ2v) is 13.7. The summed E-state index contributed by atoms with van der Waals surface area (Å²) in [7, 11) is -2.97. The van der Waals surface area contributed by atoms with Gasteiger partial charge in [-0.15, -0.1) is 0 Å². The number of fused-ring (bicyclic) bond motifs is 4. The van der Waals surface area contributed by atoms with Crippen LogP contribution in [0.3, 0.4) is 0 Å². The van der Waals surface area contributed by atoms with Crippen molar-refractivity contribution in [3.05, 3.63) is 41.3 Å². The fraction of sp³-hybridized carbons (Fsp3) is 0.536. The first-order chi connectivity index (χ1) is 18.1. The molecule has 9 nitrogen and oxygen atoms in total. The molecule has 2 bridgehead atoms. The van der Waals surface area contributed by atoms with Crippen LogP contribution in [-0.4, -0.2) is 81.6 Å². The van der Waals surface area contributed by atoms with Crippen molar-refractivity contribution in [1.82, 2.24) is 29.5 Å². The minimum atomic E-state index is -2.97. The van der Waals surface area contributed by atoms with E-state index < -0.39 is 9.84 Å². The SMILES string of the molecule is Cc1c(-c2[nH]c3ccc(N4C[C@H]5CCC[C@@H](C4)N5CCS(C)(=O)=O)nc3c2C(C)C)cn2ncnc2c1C. The maximum absolute atomic E-state index is 11.8. The molecule has 0 amide bonds. The van der Waals surface area contributed by atoms with E-state index in [1.165, 1.54) is 23.8 Å². The van der Waals surface area contributed by atoms with Gasteiger partial charge >= 0.3 is 0 Å². The zero-order valence-corrected chi connectivity index (χ0v) is 23.7. The molecule has 1 N–H and O–H groups in total. The summed E-state index contributed by atoms with van der Waals surface area (Å²) in [6, 6.07) is 5.03. The molecule has 2 atom stereocenters. The van der Waals surface area contributed by atoms with E-state index in [0.717, 1.165) is 65.3 Å². The predicted molar refractivity (Wildman–Crippen MR) is 152 cm³/mol. The summed E-state index contributed by atoms with van der Waals surface area (Å²) < 4.78 is 25.5. The number of pyridine rings is 2. The van der Waals surface area contributed by atoms with Gasteiger partial charge in [-0.3, -0.25) is 4.90 Å². The molecule has 0 aliphatic carbocycles. The molecule has 2 aliphatic rings. The van der Waals surface area contributed by atoms with Gasteiger partial charge in [0, 0.05) is 55.3 Å². The second-order valence-electron chi connectivity index (χ2n) is 11.5. The Kier molecular flexibility index (Phi) is 6.22. The minimum absolute atomic E-state index is 0.230. The Balaban J connectivity index is 1.37. The number of aromatic nitrogens is 5. The first-order valence-electron chi connectivity index (χ1n) is 13.6. The van der Waals surface area contributed by atoms with Gasteiger partial charge in [-0.1, -0.05) is 20.3 Å². The number of rotatable bonds is 6. The van der Waals surface area contributed by atoms with Crippen LogP contribution in [0.4, 0.5) is 5.82 Å². The minimum Gasteiger partial charge on any atom is -0.353 e. The maximum atomic E-state index is 11.8. The average Bonchev–Trinajstić information content (AvgIpc) is 3.48. The number of H-pyrrole nitrogens is 1. The number of aryl methyl sites for hydroxylation is 1. The van der Waals surface area contributed by atoms with E-state index in [2.05, 4.69) is 70.9 Å². The zero-order valence-electron chi connectivity index (χ0n) is 22.9. The average molecular weight is 536 g/mol. The van der Waals surface area contributed by atoms with E-state index in [1.807, 2.05) is 4.52 Å². The van der Waals surface area contributed by atoms with Crippen LogP contribution >= 0.6 is 0 Å². The first kappa shape index (κ1) is 25.3. The number of sulfone groups is 1. The molecule has 0 aromatic carbocycles. The van der Waals surface area contributed by atoms with Crippen molar-refractivity contribution in [1.29, 1.82) is 0 Å². The molecule has 0 radical (unpaired) electrons. The second kappa shape index (κ2) is 9.34. The van der Waals surface area contributed by atoms with Gasteiger partial charge in [0.1, 0.15) is 22.0 Å². The largest absolute Gasteiger partial charge is 0.353 e. The van der Waals surface area contributed by atoms with Gasteiger partial charge in [0.15, 0.2) is 5.65 Å². The summed E-state index contributed by atoms with van der Waals surface area (Å²) in [6.45, 7) is 11.1. The number of piperidine rings is 1. The summed E-state index contributed by atoms with van der Waals surface area (Å²) in [5, 5.41) is 4.40. The number of nitrogens with zero attached hydrogens (tertiary/aromatic N) is 6. The van der Waals surface area contributed by atoms with Crippen molar-refractivity contribution in [2.45, 2.75) is 65.0 Å². The van der Waals surface area contributed by atoms with Gasteiger partial charge in [0.2, 0.25) is 0 Å². The van der Waals surface area contributed by atoms with Crippen LogP contribution in [0.1, 0.15) is 55.7 Å². The molecule has 10 heteroatoms. The summed E-state index contributed by atoms with van der Waals surface area (Å²) in [4.78, 5) is 18.2. The standard InChI is InChI=1S/C28H37N7O2S/c1-17(2)25-26(22-15-35-28(29-16-30-35)19(4)18(22)3)31-23-9-10-24(32-27(23)25)33-13-20-7-6-8-21(14-33)34(20)11-12-38(5,36)37/h9-10,15-17,20-21,31H,6-8,11-14H2,1-5H3/t20-,21+. The van der Waals surface area contributed by atoms with E-state index in [-0.39, 0.29) is 11.7 Å². The third-order valence-electron chi connectivity index (χ3n) is 8.56. The lowest BCUT2D eigenvalue weighted by molar-refractivity contribution is 0.0722. The number of aromatic amines is 1. The molecule has 2 fully saturated rings. The zero-order chi connectivity index (χ0) is 26.8. The molecule has 4 aromatic rings. The van der Waals surface area contributed by atoms with Crippen molar-refractivity contribution in [3.8, 4) is 11.3 Å².